The number of carbonyl (C=O) groups is 1. The number of hydrogen-bond donors (Lipinski definition) is 2. The first-order valence-corrected chi connectivity index (χ1v) is 6.42. The number of hydrogen-bond acceptors (Lipinski definition) is 4. The molecular weight excluding hydrogens is 256 g/mol. The number of rotatable bonds is 8. The van der Waals surface area contributed by atoms with Crippen LogP contribution in [0.4, 0.5) is 0 Å². The summed E-state index contributed by atoms with van der Waals surface area (Å²) in [5.41, 5.74) is 0.941. The van der Waals surface area contributed by atoms with Crippen LogP contribution in [-0.2, 0) is 11.3 Å². The molecule has 0 unspecified atom stereocenters. The summed E-state index contributed by atoms with van der Waals surface area (Å²) in [6.45, 7) is 3.61. The average Bonchev–Trinajstić information content (AvgIpc) is 2.48. The molecule has 2 N–H and O–H groups in total. The molecule has 0 atom stereocenters. The highest BCUT2D eigenvalue weighted by atomic mass is 16.5. The lowest BCUT2D eigenvalue weighted by molar-refractivity contribution is -0.122. The second-order valence-electron chi connectivity index (χ2n) is 4.00. The maximum atomic E-state index is 11.5. The number of para-hydroxylation sites is 1. The van der Waals surface area contributed by atoms with E-state index in [0.29, 0.717) is 18.0 Å². The predicted molar refractivity (Wildman–Crippen MR) is 77.7 cm³/mol. The molecule has 0 spiro atoms. The van der Waals surface area contributed by atoms with Gasteiger partial charge in [0.05, 0.1) is 13.7 Å². The van der Waals surface area contributed by atoms with Gasteiger partial charge in [-0.25, -0.2) is 0 Å². The predicted octanol–water partition coefficient (Wildman–Crippen LogP) is 0.933. The molecule has 0 aromatic heterocycles. The summed E-state index contributed by atoms with van der Waals surface area (Å²) in [5.74, 6) is 3.25. The second-order valence-corrected chi connectivity index (χ2v) is 4.00. The number of ether oxygens (including phenoxy) is 2. The molecule has 0 saturated heterocycles. The highest BCUT2D eigenvalue weighted by Crippen LogP contribution is 2.30. The van der Waals surface area contributed by atoms with Gasteiger partial charge in [0.1, 0.15) is 0 Å². The van der Waals surface area contributed by atoms with Crippen LogP contribution in [0.2, 0.25) is 0 Å². The van der Waals surface area contributed by atoms with Gasteiger partial charge in [0.2, 0.25) is 0 Å². The van der Waals surface area contributed by atoms with Gasteiger partial charge in [-0.3, -0.25) is 4.79 Å². The van der Waals surface area contributed by atoms with Crippen molar-refractivity contribution in [1.29, 1.82) is 0 Å². The molecule has 0 radical (unpaired) electrons. The minimum atomic E-state index is -0.261. The maximum Gasteiger partial charge on any atom is 0.258 e. The van der Waals surface area contributed by atoms with E-state index in [1.807, 2.05) is 19.1 Å². The zero-order valence-electron chi connectivity index (χ0n) is 11.9. The summed E-state index contributed by atoms with van der Waals surface area (Å²) >= 11 is 0. The van der Waals surface area contributed by atoms with E-state index in [1.54, 1.807) is 13.2 Å². The molecule has 0 aliphatic heterocycles. The first-order valence-electron chi connectivity index (χ1n) is 6.42. The van der Waals surface area contributed by atoms with Crippen LogP contribution in [0.3, 0.4) is 0 Å². The molecule has 108 valence electrons. The summed E-state index contributed by atoms with van der Waals surface area (Å²) in [4.78, 5) is 11.5. The van der Waals surface area contributed by atoms with Crippen molar-refractivity contribution in [3.05, 3.63) is 23.8 Å². The van der Waals surface area contributed by atoms with Gasteiger partial charge >= 0.3 is 0 Å². The van der Waals surface area contributed by atoms with E-state index >= 15 is 0 Å². The highest BCUT2D eigenvalue weighted by molar-refractivity contribution is 5.77. The molecule has 1 aromatic carbocycles. The van der Waals surface area contributed by atoms with E-state index in [1.165, 1.54) is 0 Å². The molecule has 0 bridgehead atoms. The molecule has 1 rings (SSSR count). The number of nitrogens with one attached hydrogen (secondary N) is 2. The smallest absolute Gasteiger partial charge is 0.258 e. The SMILES string of the molecule is C#CCNC(=O)COc1c(CNCC)cccc1OC. The zero-order valence-corrected chi connectivity index (χ0v) is 11.9. The topological polar surface area (TPSA) is 59.6 Å². The van der Waals surface area contributed by atoms with Crippen LogP contribution in [0, 0.1) is 12.3 Å². The van der Waals surface area contributed by atoms with Crippen LogP contribution in [0.5, 0.6) is 11.5 Å². The Morgan fingerprint density at radius 3 is 2.90 bits per heavy atom. The van der Waals surface area contributed by atoms with Crippen molar-refractivity contribution in [3.8, 4) is 23.8 Å². The molecule has 1 amide bonds. The zero-order chi connectivity index (χ0) is 14.8. The number of amides is 1. The van der Waals surface area contributed by atoms with Crippen LogP contribution in [-0.4, -0.2) is 32.7 Å². The Morgan fingerprint density at radius 2 is 2.25 bits per heavy atom. The van der Waals surface area contributed by atoms with Crippen molar-refractivity contribution in [3.63, 3.8) is 0 Å². The molecule has 5 nitrogen and oxygen atoms in total. The minimum absolute atomic E-state index is 0.0961. The molecule has 5 heteroatoms. The largest absolute Gasteiger partial charge is 0.493 e. The lowest BCUT2D eigenvalue weighted by Crippen LogP contribution is -2.29. The summed E-state index contributed by atoms with van der Waals surface area (Å²) in [6.07, 6.45) is 5.07. The van der Waals surface area contributed by atoms with Crippen LogP contribution in [0.25, 0.3) is 0 Å². The van der Waals surface area contributed by atoms with Crippen molar-refractivity contribution >= 4 is 5.91 Å². The fraction of sp³-hybridized carbons (Fsp3) is 0.400. The molecule has 0 saturated carbocycles. The van der Waals surface area contributed by atoms with E-state index in [0.717, 1.165) is 12.1 Å². The Bertz CT molecular complexity index is 480. The quantitative estimate of drug-likeness (QED) is 0.694. The van der Waals surface area contributed by atoms with Gasteiger partial charge in [0.25, 0.3) is 5.91 Å². The summed E-state index contributed by atoms with van der Waals surface area (Å²) < 4.78 is 10.8. The molecule has 0 fully saturated rings. The Kier molecular flexibility index (Phi) is 7.01. The molecule has 0 aliphatic carbocycles. The van der Waals surface area contributed by atoms with Crippen LogP contribution >= 0.6 is 0 Å². The third-order valence-electron chi connectivity index (χ3n) is 2.58. The van der Waals surface area contributed by atoms with Gasteiger partial charge in [0, 0.05) is 12.1 Å². The second kappa shape index (κ2) is 8.83. The maximum absolute atomic E-state index is 11.5. The third-order valence-corrected chi connectivity index (χ3v) is 2.58. The lowest BCUT2D eigenvalue weighted by Gasteiger charge is -2.15. The fourth-order valence-corrected chi connectivity index (χ4v) is 1.62. The van der Waals surface area contributed by atoms with Crippen LogP contribution < -0.4 is 20.1 Å². The molecule has 0 aliphatic rings. The summed E-state index contributed by atoms with van der Waals surface area (Å²) in [7, 11) is 1.57. The van der Waals surface area contributed by atoms with Crippen molar-refractivity contribution in [1.82, 2.24) is 10.6 Å². The van der Waals surface area contributed by atoms with Crippen molar-refractivity contribution in [2.45, 2.75) is 13.5 Å². The standard InChI is InChI=1S/C15H20N2O3/c1-4-9-17-14(18)11-20-15-12(10-16-5-2)7-6-8-13(15)19-3/h1,6-8,16H,5,9-11H2,2-3H3,(H,17,18). The van der Waals surface area contributed by atoms with E-state index in [-0.39, 0.29) is 19.1 Å². The van der Waals surface area contributed by atoms with Gasteiger partial charge in [-0.05, 0) is 12.6 Å². The Hall–Kier alpha value is -2.19. The monoisotopic (exact) mass is 276 g/mol. The van der Waals surface area contributed by atoms with E-state index in [4.69, 9.17) is 15.9 Å². The lowest BCUT2D eigenvalue weighted by atomic mass is 10.2. The average molecular weight is 276 g/mol. The summed E-state index contributed by atoms with van der Waals surface area (Å²) in [5, 5.41) is 5.76. The first kappa shape index (κ1) is 15.9. The Morgan fingerprint density at radius 1 is 1.45 bits per heavy atom. The van der Waals surface area contributed by atoms with E-state index in [9.17, 15) is 4.79 Å². The van der Waals surface area contributed by atoms with E-state index in [2.05, 4.69) is 16.6 Å². The van der Waals surface area contributed by atoms with Gasteiger partial charge in [-0.2, -0.15) is 0 Å². The van der Waals surface area contributed by atoms with Gasteiger partial charge in [-0.15, -0.1) is 6.42 Å². The van der Waals surface area contributed by atoms with Gasteiger partial charge in [0.15, 0.2) is 18.1 Å². The highest BCUT2D eigenvalue weighted by Gasteiger charge is 2.12. The normalized spacial score (nSPS) is 9.65. The fourth-order valence-electron chi connectivity index (χ4n) is 1.62. The Balaban J connectivity index is 2.75. The Labute approximate surface area is 119 Å². The third kappa shape index (κ3) is 4.82. The van der Waals surface area contributed by atoms with Gasteiger partial charge < -0.3 is 20.1 Å². The van der Waals surface area contributed by atoms with Crippen LogP contribution in [0.1, 0.15) is 12.5 Å². The number of methoxy groups -OCH3 is 1. The molecular formula is C15H20N2O3. The van der Waals surface area contributed by atoms with Crippen molar-refractivity contribution < 1.29 is 14.3 Å². The van der Waals surface area contributed by atoms with Crippen molar-refractivity contribution in [2.24, 2.45) is 0 Å². The van der Waals surface area contributed by atoms with Crippen LogP contribution in [0.15, 0.2) is 18.2 Å². The first-order chi connectivity index (χ1) is 9.72. The molecule has 1 aromatic rings. The molecule has 20 heavy (non-hydrogen) atoms. The number of benzene rings is 1. The van der Waals surface area contributed by atoms with E-state index < -0.39 is 0 Å². The van der Waals surface area contributed by atoms with Crippen molar-refractivity contribution in [2.75, 3.05) is 26.8 Å². The minimum Gasteiger partial charge on any atom is -0.493 e. The van der Waals surface area contributed by atoms with Gasteiger partial charge in [-0.1, -0.05) is 25.0 Å². The number of terminal acetylenes is 1. The summed E-state index contributed by atoms with van der Waals surface area (Å²) in [6, 6.07) is 5.61. The number of carbonyl (C=O) groups excluding carboxylic acids is 1. The molecule has 0 heterocycles.